The molecule has 0 aromatic rings. The number of carbonyl (C=O) groups excluding carboxylic acids is 1. The molecule has 0 bridgehead atoms. The highest BCUT2D eigenvalue weighted by atomic mass is 32.2. The Hall–Kier alpha value is 0.0449. The fourth-order valence-electron chi connectivity index (χ4n) is 1.88. The van der Waals surface area contributed by atoms with Gasteiger partial charge in [0.25, 0.3) is 0 Å². The lowest BCUT2D eigenvalue weighted by Crippen LogP contribution is -2.17. The summed E-state index contributed by atoms with van der Waals surface area (Å²) in [6, 6.07) is 0. The number of hydrogen-bond donors (Lipinski definition) is 0. The summed E-state index contributed by atoms with van der Waals surface area (Å²) in [5, 5.41) is 0. The Bertz CT molecular complexity index is 191. The van der Waals surface area contributed by atoms with Crippen LogP contribution in [0.3, 0.4) is 0 Å². The third-order valence-corrected chi connectivity index (χ3v) is 3.01. The first-order chi connectivity index (χ1) is 6.20. The molecular formula is C8H14BO2S. The van der Waals surface area contributed by atoms with Crippen molar-refractivity contribution in [2.24, 2.45) is 11.8 Å². The van der Waals surface area contributed by atoms with Gasteiger partial charge in [0.05, 0.1) is 6.10 Å². The second-order valence-electron chi connectivity index (χ2n) is 3.28. The molecule has 0 saturated heterocycles. The van der Waals surface area contributed by atoms with Crippen molar-refractivity contribution in [3.63, 3.8) is 0 Å². The van der Waals surface area contributed by atoms with Crippen molar-refractivity contribution in [1.82, 2.24) is 0 Å². The fraction of sp³-hybridized carbons (Fsp3) is 0.875. The average Bonchev–Trinajstić information content (AvgIpc) is 2.38. The van der Waals surface area contributed by atoms with Crippen molar-refractivity contribution < 1.29 is 8.98 Å². The minimum atomic E-state index is 0.00375. The van der Waals surface area contributed by atoms with E-state index in [1.807, 2.05) is 13.8 Å². The first-order valence-electron chi connectivity index (χ1n) is 4.83. The van der Waals surface area contributed by atoms with Crippen LogP contribution in [-0.2, 0) is 8.98 Å². The molecule has 1 rings (SSSR count). The summed E-state index contributed by atoms with van der Waals surface area (Å²) in [5.74, 6) is 0.770. The molecular weight excluding hydrogens is 171 g/mol. The molecule has 0 spiro atoms. The second kappa shape index (κ2) is 4.33. The summed E-state index contributed by atoms with van der Waals surface area (Å²) in [6.45, 7) is 4.08. The maximum Gasteiger partial charge on any atom is 0.209 e. The van der Waals surface area contributed by atoms with E-state index in [0.29, 0.717) is 18.1 Å². The molecule has 0 heterocycles. The minimum absolute atomic E-state index is 0.00375. The van der Waals surface area contributed by atoms with Crippen molar-refractivity contribution >= 4 is 24.8 Å². The number of carbonyl (C=O) groups is 1. The molecule has 4 heteroatoms. The number of rotatable bonds is 4. The van der Waals surface area contributed by atoms with Gasteiger partial charge in [-0.1, -0.05) is 25.7 Å². The standard InChI is InChI=1S/C8H14BO2S/c1-3-6-5(2)8(11-12-9)4-7(6)10/h5-6,8-9H,3-4H2,1-2H3/t5-,6?,8-/m1/s1/i9T. The van der Waals surface area contributed by atoms with Crippen molar-refractivity contribution in [2.45, 2.75) is 32.8 Å². The molecule has 0 aromatic carbocycles. The number of Topliss-reactive ketones (excluding diaryl/α,β-unsaturated/α-hetero) is 1. The van der Waals surface area contributed by atoms with Crippen LogP contribution >= 0.6 is 11.9 Å². The third kappa shape index (κ3) is 1.86. The van der Waals surface area contributed by atoms with Gasteiger partial charge in [0.15, 0.2) is 0 Å². The minimum Gasteiger partial charge on any atom is -0.324 e. The van der Waals surface area contributed by atoms with Crippen molar-refractivity contribution in [3.05, 3.63) is 0 Å². The quantitative estimate of drug-likeness (QED) is 0.492. The maximum absolute atomic E-state index is 11.4. The van der Waals surface area contributed by atoms with Crippen LogP contribution < -0.4 is 0 Å². The van der Waals surface area contributed by atoms with Gasteiger partial charge in [-0.3, -0.25) is 4.79 Å². The first kappa shape index (κ1) is 8.63. The highest BCUT2D eigenvalue weighted by Crippen LogP contribution is 2.34. The summed E-state index contributed by atoms with van der Waals surface area (Å²) >= 11 is 1.01. The normalized spacial score (nSPS) is 36.7. The molecule has 0 aromatic heterocycles. The molecule has 1 radical (unpaired) electrons. The predicted octanol–water partition coefficient (Wildman–Crippen LogP) is 1.47. The van der Waals surface area contributed by atoms with E-state index < -0.39 is 0 Å². The van der Waals surface area contributed by atoms with E-state index in [1.165, 1.54) is 0 Å². The van der Waals surface area contributed by atoms with Crippen LogP contribution in [0.25, 0.3) is 0 Å². The third-order valence-electron chi connectivity index (χ3n) is 2.66. The van der Waals surface area contributed by atoms with Gasteiger partial charge >= 0.3 is 0 Å². The molecule has 2 nitrogen and oxygen atoms in total. The van der Waals surface area contributed by atoms with Gasteiger partial charge in [-0.15, -0.1) is 0 Å². The van der Waals surface area contributed by atoms with Crippen LogP contribution in [0.15, 0.2) is 0 Å². The number of hydrogen-bond acceptors (Lipinski definition) is 3. The second-order valence-corrected chi connectivity index (χ2v) is 3.66. The van der Waals surface area contributed by atoms with Crippen LogP contribution in [0.5, 0.6) is 0 Å². The monoisotopic (exact) mass is 187 g/mol. The zero-order chi connectivity index (χ0) is 9.84. The van der Waals surface area contributed by atoms with Gasteiger partial charge in [-0.25, -0.2) is 0 Å². The van der Waals surface area contributed by atoms with Crippen molar-refractivity contribution in [2.75, 3.05) is 0 Å². The Morgan fingerprint density at radius 3 is 3.17 bits per heavy atom. The van der Waals surface area contributed by atoms with E-state index in [-0.39, 0.29) is 12.0 Å². The molecule has 0 aliphatic heterocycles. The topological polar surface area (TPSA) is 26.3 Å². The van der Waals surface area contributed by atoms with E-state index in [1.54, 1.807) is 0 Å². The van der Waals surface area contributed by atoms with Gasteiger partial charge in [-0.05, 0) is 13.7 Å². The van der Waals surface area contributed by atoms with Crippen LogP contribution in [0, 0.1) is 11.8 Å². The molecule has 1 aliphatic rings. The van der Waals surface area contributed by atoms with Crippen molar-refractivity contribution in [1.29, 1.82) is 1.34 Å². The summed E-state index contributed by atoms with van der Waals surface area (Å²) in [5.41, 5.74) is 0. The van der Waals surface area contributed by atoms with Crippen LogP contribution in [0.4, 0.5) is 0 Å². The van der Waals surface area contributed by atoms with Gasteiger partial charge in [0, 0.05) is 12.3 Å². The average molecular weight is 187 g/mol. The smallest absolute Gasteiger partial charge is 0.209 e. The van der Waals surface area contributed by atoms with Crippen LogP contribution in [0.2, 0.25) is 0 Å². The zero-order valence-electron chi connectivity index (χ0n) is 8.45. The fourth-order valence-corrected chi connectivity index (χ4v) is 2.27. The molecule has 3 atom stereocenters. The van der Waals surface area contributed by atoms with E-state index >= 15 is 0 Å². The molecule has 1 fully saturated rings. The summed E-state index contributed by atoms with van der Waals surface area (Å²) in [4.78, 5) is 11.4. The Morgan fingerprint density at radius 2 is 2.67 bits per heavy atom. The highest BCUT2D eigenvalue weighted by Gasteiger charge is 2.38. The first-order valence-corrected chi connectivity index (χ1v) is 5.06. The van der Waals surface area contributed by atoms with Gasteiger partial charge in [0.2, 0.25) is 7.09 Å². The molecule has 0 amide bonds. The van der Waals surface area contributed by atoms with Crippen LogP contribution in [-0.4, -0.2) is 20.3 Å². The Labute approximate surface area is 80.3 Å². The van der Waals surface area contributed by atoms with Gasteiger partial charge in [-0.2, -0.15) is 0 Å². The summed E-state index contributed by atoms with van der Waals surface area (Å²) < 4.78 is 12.1. The van der Waals surface area contributed by atoms with E-state index in [0.717, 1.165) is 25.4 Å². The van der Waals surface area contributed by atoms with E-state index in [9.17, 15) is 4.79 Å². The Morgan fingerprint density at radius 1 is 1.92 bits per heavy atom. The summed E-state index contributed by atoms with van der Waals surface area (Å²) in [7, 11) is 1.15. The van der Waals surface area contributed by atoms with E-state index in [2.05, 4.69) is 0 Å². The van der Waals surface area contributed by atoms with Crippen molar-refractivity contribution in [3.8, 4) is 0 Å². The lowest BCUT2D eigenvalue weighted by atomic mass is 9.94. The zero-order valence-corrected chi connectivity index (χ0v) is 8.26. The summed E-state index contributed by atoms with van der Waals surface area (Å²) in [6.07, 6.45) is 1.42. The largest absolute Gasteiger partial charge is 0.324 e. The van der Waals surface area contributed by atoms with Crippen LogP contribution in [0.1, 0.15) is 26.7 Å². The number of ketones is 1. The SMILES string of the molecule is [3H][B]SO[C@@H]1CC(=O)C(CC)[C@H]1C. The van der Waals surface area contributed by atoms with Gasteiger partial charge < -0.3 is 4.18 Å². The van der Waals surface area contributed by atoms with E-state index in [4.69, 9.17) is 5.52 Å². The lowest BCUT2D eigenvalue weighted by Gasteiger charge is -2.17. The molecule has 1 aliphatic carbocycles. The molecule has 0 N–H and O–H groups in total. The Kier molecular flexibility index (Phi) is 3.11. The lowest BCUT2D eigenvalue weighted by molar-refractivity contribution is -0.121. The molecule has 1 saturated carbocycles. The molecule has 1 unspecified atom stereocenters. The molecule has 12 heavy (non-hydrogen) atoms. The Balaban J connectivity index is 2.46. The predicted molar refractivity (Wildman–Crippen MR) is 52.2 cm³/mol. The maximum atomic E-state index is 11.4. The van der Waals surface area contributed by atoms with Gasteiger partial charge in [0.1, 0.15) is 5.78 Å². The molecule has 67 valence electrons. The highest BCUT2D eigenvalue weighted by molar-refractivity contribution is 8.15.